The standard InChI is InChI=1S/C15H18N4O3/c1-11(20)17-9-13-3-2-6-18(10-13)14-5-4-12(8-16)7-15(14)19(21)22/h4-5,7,13H,2-3,6,9-10H2,1H3,(H,17,20). The molecule has 116 valence electrons. The van der Waals surface area contributed by atoms with Crippen molar-refractivity contribution in [1.29, 1.82) is 5.26 Å². The van der Waals surface area contributed by atoms with Crippen LogP contribution < -0.4 is 10.2 Å². The summed E-state index contributed by atoms with van der Waals surface area (Å²) in [5, 5.41) is 22.9. The molecule has 1 saturated heterocycles. The smallest absolute Gasteiger partial charge is 0.293 e. The number of nitro benzene ring substituents is 1. The van der Waals surface area contributed by atoms with E-state index in [4.69, 9.17) is 5.26 Å². The number of nitriles is 1. The lowest BCUT2D eigenvalue weighted by Gasteiger charge is -2.34. The van der Waals surface area contributed by atoms with Gasteiger partial charge in [-0.1, -0.05) is 0 Å². The van der Waals surface area contributed by atoms with Crippen molar-refractivity contribution in [1.82, 2.24) is 5.32 Å². The van der Waals surface area contributed by atoms with Crippen LogP contribution in [-0.4, -0.2) is 30.5 Å². The SMILES string of the molecule is CC(=O)NCC1CCCN(c2ccc(C#N)cc2[N+](=O)[O-])C1. The average Bonchev–Trinajstić information content (AvgIpc) is 2.52. The lowest BCUT2D eigenvalue weighted by molar-refractivity contribution is -0.384. The summed E-state index contributed by atoms with van der Waals surface area (Å²) in [7, 11) is 0. The van der Waals surface area contributed by atoms with Gasteiger partial charge >= 0.3 is 0 Å². The molecule has 1 aromatic carbocycles. The first-order chi connectivity index (χ1) is 10.5. The van der Waals surface area contributed by atoms with Gasteiger partial charge in [0.05, 0.1) is 16.6 Å². The molecule has 22 heavy (non-hydrogen) atoms. The zero-order valence-corrected chi connectivity index (χ0v) is 12.4. The predicted molar refractivity (Wildman–Crippen MR) is 81.4 cm³/mol. The number of carbonyl (C=O) groups is 1. The molecule has 1 atom stereocenters. The maximum Gasteiger partial charge on any atom is 0.293 e. The van der Waals surface area contributed by atoms with Crippen LogP contribution in [0.1, 0.15) is 25.3 Å². The number of rotatable bonds is 4. The van der Waals surface area contributed by atoms with Crippen molar-refractivity contribution < 1.29 is 9.72 Å². The third-order valence-corrected chi connectivity index (χ3v) is 3.80. The van der Waals surface area contributed by atoms with E-state index in [0.29, 0.717) is 18.8 Å². The number of nitrogens with one attached hydrogen (secondary N) is 1. The van der Waals surface area contributed by atoms with E-state index in [1.54, 1.807) is 12.1 Å². The first kappa shape index (κ1) is 15.8. The summed E-state index contributed by atoms with van der Waals surface area (Å²) in [4.78, 5) is 23.8. The molecule has 1 heterocycles. The van der Waals surface area contributed by atoms with Crippen molar-refractivity contribution in [3.63, 3.8) is 0 Å². The van der Waals surface area contributed by atoms with E-state index >= 15 is 0 Å². The number of carbonyl (C=O) groups excluding carboxylic acids is 1. The van der Waals surface area contributed by atoms with Crippen LogP contribution in [0.3, 0.4) is 0 Å². The molecule has 0 radical (unpaired) electrons. The topological polar surface area (TPSA) is 99.3 Å². The molecule has 1 aromatic rings. The molecular weight excluding hydrogens is 284 g/mol. The Bertz CT molecular complexity index is 624. The number of hydrogen-bond donors (Lipinski definition) is 1. The second-order valence-electron chi connectivity index (χ2n) is 5.46. The summed E-state index contributed by atoms with van der Waals surface area (Å²) in [5.41, 5.74) is 0.776. The Morgan fingerprint density at radius 2 is 2.36 bits per heavy atom. The fourth-order valence-corrected chi connectivity index (χ4v) is 2.75. The van der Waals surface area contributed by atoms with Gasteiger partial charge in [-0.25, -0.2) is 0 Å². The Hall–Kier alpha value is -2.62. The Kier molecular flexibility index (Phi) is 4.94. The van der Waals surface area contributed by atoms with Gasteiger partial charge in [-0.3, -0.25) is 14.9 Å². The van der Waals surface area contributed by atoms with Crippen molar-refractivity contribution in [3.05, 3.63) is 33.9 Å². The monoisotopic (exact) mass is 302 g/mol. The number of benzene rings is 1. The van der Waals surface area contributed by atoms with Crippen LogP contribution in [0.5, 0.6) is 0 Å². The van der Waals surface area contributed by atoms with E-state index in [-0.39, 0.29) is 23.1 Å². The van der Waals surface area contributed by atoms with Gasteiger partial charge in [0, 0.05) is 32.6 Å². The van der Waals surface area contributed by atoms with E-state index in [2.05, 4.69) is 5.32 Å². The average molecular weight is 302 g/mol. The predicted octanol–water partition coefficient (Wildman–Crippen LogP) is 1.82. The molecule has 1 amide bonds. The van der Waals surface area contributed by atoms with Crippen LogP contribution in [0.25, 0.3) is 0 Å². The highest BCUT2D eigenvalue weighted by molar-refractivity contribution is 5.72. The third kappa shape index (κ3) is 3.73. The van der Waals surface area contributed by atoms with Crippen LogP contribution in [0.2, 0.25) is 0 Å². The van der Waals surface area contributed by atoms with E-state index < -0.39 is 4.92 Å². The second-order valence-corrected chi connectivity index (χ2v) is 5.46. The van der Waals surface area contributed by atoms with Crippen molar-refractivity contribution in [2.45, 2.75) is 19.8 Å². The number of amides is 1. The Labute approximate surface area is 128 Å². The summed E-state index contributed by atoms with van der Waals surface area (Å²) in [5.74, 6) is 0.203. The third-order valence-electron chi connectivity index (χ3n) is 3.80. The number of nitro groups is 1. The van der Waals surface area contributed by atoms with Gasteiger partial charge in [0.1, 0.15) is 5.69 Å². The molecule has 0 spiro atoms. The van der Waals surface area contributed by atoms with Crippen LogP contribution in [0.15, 0.2) is 18.2 Å². The summed E-state index contributed by atoms with van der Waals surface area (Å²) >= 11 is 0. The Balaban J connectivity index is 2.18. The molecule has 0 saturated carbocycles. The number of hydrogen-bond acceptors (Lipinski definition) is 5. The lowest BCUT2D eigenvalue weighted by Crippen LogP contribution is -2.40. The van der Waals surface area contributed by atoms with Crippen LogP contribution in [-0.2, 0) is 4.79 Å². The summed E-state index contributed by atoms with van der Waals surface area (Å²) in [6.07, 6.45) is 1.91. The maximum absolute atomic E-state index is 11.2. The molecule has 1 aliphatic heterocycles. The van der Waals surface area contributed by atoms with Crippen LogP contribution in [0.4, 0.5) is 11.4 Å². The first-order valence-electron chi connectivity index (χ1n) is 7.19. The van der Waals surface area contributed by atoms with Gasteiger partial charge in [0.15, 0.2) is 0 Å². The zero-order valence-electron chi connectivity index (χ0n) is 12.4. The molecule has 0 bridgehead atoms. The minimum atomic E-state index is -0.451. The maximum atomic E-state index is 11.2. The normalized spacial score (nSPS) is 17.6. The number of anilines is 1. The zero-order chi connectivity index (χ0) is 16.1. The van der Waals surface area contributed by atoms with Gasteiger partial charge in [-0.2, -0.15) is 5.26 Å². The molecule has 1 unspecified atom stereocenters. The summed E-state index contributed by atoms with van der Waals surface area (Å²) in [6, 6.07) is 6.47. The van der Waals surface area contributed by atoms with Crippen LogP contribution >= 0.6 is 0 Å². The molecule has 0 aliphatic carbocycles. The second kappa shape index (κ2) is 6.89. The van der Waals surface area contributed by atoms with E-state index in [1.165, 1.54) is 13.0 Å². The molecule has 1 fully saturated rings. The van der Waals surface area contributed by atoms with E-state index in [0.717, 1.165) is 19.4 Å². The van der Waals surface area contributed by atoms with Crippen molar-refractivity contribution in [2.75, 3.05) is 24.5 Å². The minimum absolute atomic E-state index is 0.0424. The first-order valence-corrected chi connectivity index (χ1v) is 7.19. The van der Waals surface area contributed by atoms with Gasteiger partial charge in [0.2, 0.25) is 5.91 Å². The van der Waals surface area contributed by atoms with Gasteiger partial charge < -0.3 is 10.2 Å². The minimum Gasteiger partial charge on any atom is -0.366 e. The molecule has 7 heteroatoms. The molecule has 0 aromatic heterocycles. The highest BCUT2D eigenvalue weighted by Gasteiger charge is 2.25. The molecular formula is C15H18N4O3. The molecule has 7 nitrogen and oxygen atoms in total. The highest BCUT2D eigenvalue weighted by atomic mass is 16.6. The summed E-state index contributed by atoms with van der Waals surface area (Å²) in [6.45, 7) is 3.46. The molecule has 2 rings (SSSR count). The quantitative estimate of drug-likeness (QED) is 0.675. The van der Waals surface area contributed by atoms with Crippen molar-refractivity contribution >= 4 is 17.3 Å². The van der Waals surface area contributed by atoms with E-state index in [1.807, 2.05) is 11.0 Å². The summed E-state index contributed by atoms with van der Waals surface area (Å²) < 4.78 is 0. The lowest BCUT2D eigenvalue weighted by atomic mass is 9.97. The van der Waals surface area contributed by atoms with E-state index in [9.17, 15) is 14.9 Å². The molecule has 1 N–H and O–H groups in total. The van der Waals surface area contributed by atoms with Crippen molar-refractivity contribution in [2.24, 2.45) is 5.92 Å². The Morgan fingerprint density at radius 3 is 3.00 bits per heavy atom. The highest BCUT2D eigenvalue weighted by Crippen LogP contribution is 2.32. The van der Waals surface area contributed by atoms with Crippen LogP contribution in [0, 0.1) is 27.4 Å². The van der Waals surface area contributed by atoms with Gasteiger partial charge in [0.25, 0.3) is 5.69 Å². The molecule has 1 aliphatic rings. The largest absolute Gasteiger partial charge is 0.366 e. The number of piperidine rings is 1. The van der Waals surface area contributed by atoms with Gasteiger partial charge in [-0.15, -0.1) is 0 Å². The fourth-order valence-electron chi connectivity index (χ4n) is 2.75. The van der Waals surface area contributed by atoms with Crippen molar-refractivity contribution in [3.8, 4) is 6.07 Å². The fraction of sp³-hybridized carbons (Fsp3) is 0.467. The Morgan fingerprint density at radius 1 is 1.59 bits per heavy atom. The number of nitrogens with zero attached hydrogens (tertiary/aromatic N) is 3. The van der Waals surface area contributed by atoms with Gasteiger partial charge in [-0.05, 0) is 30.9 Å².